The highest BCUT2D eigenvalue weighted by Gasteiger charge is 2.40. The minimum Gasteiger partial charge on any atom is -0.496 e. The average molecular weight is 247 g/mol. The van der Waals surface area contributed by atoms with E-state index in [0.717, 1.165) is 12.3 Å². The summed E-state index contributed by atoms with van der Waals surface area (Å²) in [7, 11) is 3.82. The summed E-state index contributed by atoms with van der Waals surface area (Å²) >= 11 is 0. The van der Waals surface area contributed by atoms with Gasteiger partial charge in [0.05, 0.1) is 7.11 Å². The molecule has 100 valence electrons. The highest BCUT2D eigenvalue weighted by molar-refractivity contribution is 5.45. The molecule has 0 radical (unpaired) electrons. The van der Waals surface area contributed by atoms with Crippen LogP contribution >= 0.6 is 0 Å². The number of hydrogen-bond acceptors (Lipinski definition) is 2. The molecule has 0 spiro atoms. The summed E-state index contributed by atoms with van der Waals surface area (Å²) in [5, 5.41) is 3.34. The summed E-state index contributed by atoms with van der Waals surface area (Å²) in [5.41, 5.74) is 3.04. The maximum Gasteiger partial charge on any atom is 0.122 e. The topological polar surface area (TPSA) is 21.3 Å². The van der Waals surface area contributed by atoms with Gasteiger partial charge in [-0.2, -0.15) is 0 Å². The molecule has 0 heterocycles. The van der Waals surface area contributed by atoms with E-state index in [9.17, 15) is 0 Å². The number of ether oxygens (including phenoxy) is 1. The number of likely N-dealkylation sites (N-methyl/N-ethyl adjacent to an activating group) is 1. The van der Waals surface area contributed by atoms with Gasteiger partial charge in [-0.15, -0.1) is 0 Å². The zero-order valence-electron chi connectivity index (χ0n) is 12.0. The predicted octanol–water partition coefficient (Wildman–Crippen LogP) is 3.46. The Morgan fingerprint density at radius 3 is 2.50 bits per heavy atom. The molecule has 1 N–H and O–H groups in total. The minimum atomic E-state index is 0.301. The molecule has 0 aliphatic heterocycles. The van der Waals surface area contributed by atoms with Crippen LogP contribution < -0.4 is 10.1 Å². The monoisotopic (exact) mass is 247 g/mol. The Kier molecular flexibility index (Phi) is 3.96. The third-order valence-electron chi connectivity index (χ3n) is 4.29. The van der Waals surface area contributed by atoms with Crippen LogP contribution in [0.5, 0.6) is 5.75 Å². The normalized spacial score (nSPS) is 17.6. The molecule has 0 aromatic heterocycles. The summed E-state index contributed by atoms with van der Waals surface area (Å²) in [6.45, 7) is 5.49. The van der Waals surface area contributed by atoms with Crippen LogP contribution in [0.15, 0.2) is 18.2 Å². The van der Waals surface area contributed by atoms with Crippen molar-refractivity contribution in [1.82, 2.24) is 5.32 Å². The van der Waals surface area contributed by atoms with Crippen molar-refractivity contribution in [2.45, 2.75) is 44.4 Å². The predicted molar refractivity (Wildman–Crippen MR) is 76.5 cm³/mol. The molecule has 2 heteroatoms. The van der Waals surface area contributed by atoms with E-state index in [1.165, 1.54) is 30.4 Å². The summed E-state index contributed by atoms with van der Waals surface area (Å²) < 4.78 is 5.64. The Balaban J connectivity index is 2.37. The largest absolute Gasteiger partial charge is 0.496 e. The second-order valence-corrected chi connectivity index (χ2v) is 5.78. The van der Waals surface area contributed by atoms with E-state index in [-0.39, 0.29) is 0 Å². The van der Waals surface area contributed by atoms with Crippen LogP contribution in [0.3, 0.4) is 0 Å². The van der Waals surface area contributed by atoms with E-state index < -0.39 is 0 Å². The lowest BCUT2D eigenvalue weighted by molar-refractivity contribution is 0.230. The number of methoxy groups -OCH3 is 1. The highest BCUT2D eigenvalue weighted by Crippen LogP contribution is 2.47. The molecule has 0 atom stereocenters. The van der Waals surface area contributed by atoms with E-state index in [0.29, 0.717) is 11.3 Å². The van der Waals surface area contributed by atoms with Crippen molar-refractivity contribution in [2.24, 2.45) is 0 Å². The summed E-state index contributed by atoms with van der Waals surface area (Å²) in [4.78, 5) is 0. The van der Waals surface area contributed by atoms with Crippen molar-refractivity contribution in [2.75, 3.05) is 20.7 Å². The lowest BCUT2D eigenvalue weighted by Crippen LogP contribution is -2.43. The minimum absolute atomic E-state index is 0.301. The van der Waals surface area contributed by atoms with Crippen LogP contribution in [0.2, 0.25) is 0 Å². The Morgan fingerprint density at radius 1 is 1.33 bits per heavy atom. The lowest BCUT2D eigenvalue weighted by Gasteiger charge is -2.43. The van der Waals surface area contributed by atoms with Crippen LogP contribution in [0, 0.1) is 0 Å². The number of hydrogen-bond donors (Lipinski definition) is 1. The third-order valence-corrected chi connectivity index (χ3v) is 4.29. The molecule has 1 aliphatic carbocycles. The quantitative estimate of drug-likeness (QED) is 0.860. The second kappa shape index (κ2) is 5.31. The smallest absolute Gasteiger partial charge is 0.122 e. The fourth-order valence-corrected chi connectivity index (χ4v) is 2.99. The first-order valence-electron chi connectivity index (χ1n) is 6.96. The Bertz CT molecular complexity index is 408. The van der Waals surface area contributed by atoms with Crippen molar-refractivity contribution in [3.8, 4) is 5.75 Å². The second-order valence-electron chi connectivity index (χ2n) is 5.78. The molecular formula is C16H25NO. The average Bonchev–Trinajstić information content (AvgIpc) is 2.33. The molecule has 0 bridgehead atoms. The van der Waals surface area contributed by atoms with Crippen molar-refractivity contribution >= 4 is 0 Å². The fraction of sp³-hybridized carbons (Fsp3) is 0.625. The molecule has 1 aliphatic rings. The van der Waals surface area contributed by atoms with Crippen LogP contribution in [-0.4, -0.2) is 20.7 Å². The SMILES string of the molecule is CNCC1(c2ccc(C(C)C)cc2OC)CCC1. The van der Waals surface area contributed by atoms with Gasteiger partial charge in [0.1, 0.15) is 5.75 Å². The molecule has 1 aromatic carbocycles. The number of nitrogens with one attached hydrogen (secondary N) is 1. The number of benzene rings is 1. The molecule has 0 unspecified atom stereocenters. The molecule has 1 aromatic rings. The Hall–Kier alpha value is -1.02. The van der Waals surface area contributed by atoms with Crippen molar-refractivity contribution in [3.05, 3.63) is 29.3 Å². The van der Waals surface area contributed by atoms with Crippen molar-refractivity contribution in [3.63, 3.8) is 0 Å². The van der Waals surface area contributed by atoms with Crippen LogP contribution in [0.25, 0.3) is 0 Å². The van der Waals surface area contributed by atoms with E-state index in [4.69, 9.17) is 4.74 Å². The maximum atomic E-state index is 5.64. The van der Waals surface area contributed by atoms with E-state index in [1.807, 2.05) is 7.05 Å². The highest BCUT2D eigenvalue weighted by atomic mass is 16.5. The van der Waals surface area contributed by atoms with Crippen molar-refractivity contribution in [1.29, 1.82) is 0 Å². The fourth-order valence-electron chi connectivity index (χ4n) is 2.99. The third kappa shape index (κ3) is 2.26. The van der Waals surface area contributed by atoms with Crippen LogP contribution in [0.1, 0.15) is 50.2 Å². The zero-order valence-corrected chi connectivity index (χ0v) is 12.0. The molecule has 2 nitrogen and oxygen atoms in total. The molecule has 2 rings (SSSR count). The first kappa shape index (κ1) is 13.4. The molecule has 18 heavy (non-hydrogen) atoms. The van der Waals surface area contributed by atoms with Gasteiger partial charge < -0.3 is 10.1 Å². The summed E-state index contributed by atoms with van der Waals surface area (Å²) in [5.74, 6) is 1.62. The molecular weight excluding hydrogens is 222 g/mol. The standard InChI is InChI=1S/C16H25NO/c1-12(2)13-6-7-14(15(10-13)18-4)16(11-17-3)8-5-9-16/h6-7,10,12,17H,5,8-9,11H2,1-4H3. The van der Waals surface area contributed by atoms with Gasteiger partial charge >= 0.3 is 0 Å². The molecule has 1 fully saturated rings. The van der Waals surface area contributed by atoms with Gasteiger partial charge in [0.2, 0.25) is 0 Å². The molecule has 0 saturated heterocycles. The first-order valence-corrected chi connectivity index (χ1v) is 6.96. The summed E-state index contributed by atoms with van der Waals surface area (Å²) in [6.07, 6.45) is 3.87. The Morgan fingerprint density at radius 2 is 2.06 bits per heavy atom. The van der Waals surface area contributed by atoms with E-state index in [1.54, 1.807) is 7.11 Å². The number of rotatable bonds is 5. The van der Waals surface area contributed by atoms with Gasteiger partial charge in [-0.1, -0.05) is 32.4 Å². The first-order chi connectivity index (χ1) is 8.63. The van der Waals surface area contributed by atoms with Crippen LogP contribution in [0.4, 0.5) is 0 Å². The van der Waals surface area contributed by atoms with Crippen molar-refractivity contribution < 1.29 is 4.74 Å². The Labute approximate surface area is 111 Å². The summed E-state index contributed by atoms with van der Waals surface area (Å²) in [6, 6.07) is 6.76. The van der Waals surface area contributed by atoms with Gasteiger partial charge in [0.25, 0.3) is 0 Å². The lowest BCUT2D eigenvalue weighted by atomic mass is 9.64. The zero-order chi connectivity index (χ0) is 13.2. The van der Waals surface area contributed by atoms with Gasteiger partial charge in [-0.25, -0.2) is 0 Å². The molecule has 1 saturated carbocycles. The maximum absolute atomic E-state index is 5.64. The van der Waals surface area contributed by atoms with Crippen LogP contribution in [-0.2, 0) is 5.41 Å². The molecule has 0 amide bonds. The van der Waals surface area contributed by atoms with E-state index >= 15 is 0 Å². The van der Waals surface area contributed by atoms with E-state index in [2.05, 4.69) is 37.4 Å². The van der Waals surface area contributed by atoms with Gasteiger partial charge in [0.15, 0.2) is 0 Å². The van der Waals surface area contributed by atoms with Gasteiger partial charge in [0, 0.05) is 17.5 Å². The van der Waals surface area contributed by atoms with Gasteiger partial charge in [-0.05, 0) is 37.4 Å². The van der Waals surface area contributed by atoms with Gasteiger partial charge in [-0.3, -0.25) is 0 Å².